The first-order valence-corrected chi connectivity index (χ1v) is 21.0. The lowest BCUT2D eigenvalue weighted by molar-refractivity contribution is -0.385. The highest BCUT2D eigenvalue weighted by Crippen LogP contribution is 2.39. The van der Waals surface area contributed by atoms with Crippen molar-refractivity contribution in [2.75, 3.05) is 12.3 Å². The van der Waals surface area contributed by atoms with Crippen LogP contribution >= 0.6 is 0 Å². The van der Waals surface area contributed by atoms with E-state index in [0.29, 0.717) is 18.5 Å². The number of sulfone groups is 1. The first kappa shape index (κ1) is 43.5. The number of amides is 3. The summed E-state index contributed by atoms with van der Waals surface area (Å²) in [4.78, 5) is 65.8. The number of rotatable bonds is 19. The molecule has 2 unspecified atom stereocenters. The van der Waals surface area contributed by atoms with E-state index in [1.807, 2.05) is 33.8 Å². The molecule has 0 radical (unpaired) electrons. The summed E-state index contributed by atoms with van der Waals surface area (Å²) in [6.07, 6.45) is 3.62. The zero-order valence-corrected chi connectivity index (χ0v) is 33.1. The standard InChI is InChI=1S/C40H57N5O9S/c1-24(2)17-32(37(47)31(18-26-11-7-5-8-12-26)38(48)36(41)40(50)42-22-25(3)4)44-39(49)33(19-27-13-9-6-10-14-27)43-35(46)20-28-23-55(53,54)34-21-29(45(51)52)15-16-30(28)34/h6,9-10,13-16,21,24-26,28,31-33,36,38,48H,5,7-8,11-12,17-20,22-23,41H2,1-4H3,(H,42,50)(H,43,46)(H,44,49)/t28?,31-,32+,33+,36?,38+/m1/s1. The molecule has 4 rings (SSSR count). The molecule has 3 amide bonds. The average molecular weight is 784 g/mol. The predicted octanol–water partition coefficient (Wildman–Crippen LogP) is 3.73. The number of ketones is 1. The minimum atomic E-state index is -3.89. The molecular formula is C40H57N5O9S. The van der Waals surface area contributed by atoms with E-state index < -0.39 is 80.1 Å². The lowest BCUT2D eigenvalue weighted by Gasteiger charge is -2.34. The van der Waals surface area contributed by atoms with Gasteiger partial charge in [0.1, 0.15) is 12.1 Å². The Morgan fingerprint density at radius 3 is 2.22 bits per heavy atom. The van der Waals surface area contributed by atoms with E-state index in [1.165, 1.54) is 12.1 Å². The Morgan fingerprint density at radius 2 is 1.60 bits per heavy atom. The van der Waals surface area contributed by atoms with E-state index >= 15 is 0 Å². The van der Waals surface area contributed by atoms with Crippen LogP contribution in [-0.4, -0.2) is 78.5 Å². The lowest BCUT2D eigenvalue weighted by atomic mass is 9.76. The van der Waals surface area contributed by atoms with Crippen molar-refractivity contribution in [3.8, 4) is 0 Å². The first-order valence-electron chi connectivity index (χ1n) is 19.4. The van der Waals surface area contributed by atoms with E-state index in [0.717, 1.165) is 43.7 Å². The zero-order chi connectivity index (χ0) is 40.4. The number of carbonyl (C=O) groups excluding carboxylic acids is 4. The van der Waals surface area contributed by atoms with Crippen LogP contribution in [0, 0.1) is 33.8 Å². The number of nitro groups is 1. The van der Waals surface area contributed by atoms with Crippen LogP contribution in [0.3, 0.4) is 0 Å². The molecule has 2 aliphatic rings. The Balaban J connectivity index is 1.58. The summed E-state index contributed by atoms with van der Waals surface area (Å²) >= 11 is 0. The van der Waals surface area contributed by atoms with E-state index in [2.05, 4.69) is 16.0 Å². The fraction of sp³-hybridized carbons (Fsp3) is 0.600. The molecule has 0 bridgehead atoms. The molecule has 55 heavy (non-hydrogen) atoms. The van der Waals surface area contributed by atoms with Gasteiger partial charge in [0.25, 0.3) is 5.69 Å². The van der Waals surface area contributed by atoms with Crippen molar-refractivity contribution in [1.82, 2.24) is 16.0 Å². The van der Waals surface area contributed by atoms with E-state index in [-0.39, 0.29) is 47.6 Å². The summed E-state index contributed by atoms with van der Waals surface area (Å²) < 4.78 is 25.9. The van der Waals surface area contributed by atoms with Crippen LogP contribution < -0.4 is 21.7 Å². The number of fused-ring (bicyclic) bond motifs is 1. The number of hydrogen-bond acceptors (Lipinski definition) is 10. The quantitative estimate of drug-likeness (QED) is 0.102. The lowest BCUT2D eigenvalue weighted by Crippen LogP contribution is -2.57. The summed E-state index contributed by atoms with van der Waals surface area (Å²) in [5.41, 5.74) is 6.95. The van der Waals surface area contributed by atoms with Crippen molar-refractivity contribution in [3.63, 3.8) is 0 Å². The van der Waals surface area contributed by atoms with Gasteiger partial charge < -0.3 is 26.8 Å². The predicted molar refractivity (Wildman–Crippen MR) is 207 cm³/mol. The van der Waals surface area contributed by atoms with Gasteiger partial charge in [0.05, 0.1) is 27.7 Å². The number of aliphatic hydroxyl groups excluding tert-OH is 1. The van der Waals surface area contributed by atoms with Crippen LogP contribution in [0.5, 0.6) is 0 Å². The van der Waals surface area contributed by atoms with Crippen molar-refractivity contribution in [1.29, 1.82) is 0 Å². The van der Waals surface area contributed by atoms with Crippen LogP contribution in [0.2, 0.25) is 0 Å². The number of nitrogens with two attached hydrogens (primary N) is 1. The number of nitro benzene ring substituents is 1. The van der Waals surface area contributed by atoms with Crippen molar-refractivity contribution >= 4 is 39.0 Å². The summed E-state index contributed by atoms with van der Waals surface area (Å²) in [5.74, 6) is -4.27. The Hall–Kier alpha value is -4.21. The van der Waals surface area contributed by atoms with Crippen molar-refractivity contribution < 1.29 is 37.6 Å². The number of nitrogens with one attached hydrogen (secondary N) is 3. The van der Waals surface area contributed by atoms with Crippen LogP contribution in [0.25, 0.3) is 0 Å². The number of nitrogens with zero attached hydrogens (tertiary/aromatic N) is 1. The molecule has 6 N–H and O–H groups in total. The normalized spacial score (nSPS) is 19.5. The molecule has 0 saturated heterocycles. The Labute approximate surface area is 323 Å². The van der Waals surface area contributed by atoms with E-state index in [9.17, 15) is 42.8 Å². The third kappa shape index (κ3) is 12.1. The molecule has 1 heterocycles. The van der Waals surface area contributed by atoms with Gasteiger partial charge in [-0.2, -0.15) is 0 Å². The SMILES string of the molecule is CC(C)CNC(=O)C(N)[C@@H](O)[C@H](CC1CCCCC1)C(=O)[C@H](CC(C)C)NC(=O)[C@H](Cc1ccccc1)NC(=O)CC1CS(=O)(=O)c2cc([N+](=O)[O-])ccc21. The molecular weight excluding hydrogens is 727 g/mol. The molecule has 14 nitrogen and oxygen atoms in total. The van der Waals surface area contributed by atoms with Gasteiger partial charge in [0, 0.05) is 43.4 Å². The second kappa shape index (κ2) is 19.6. The highest BCUT2D eigenvalue weighted by molar-refractivity contribution is 7.91. The zero-order valence-electron chi connectivity index (χ0n) is 32.2. The van der Waals surface area contributed by atoms with Gasteiger partial charge in [-0.25, -0.2) is 8.42 Å². The largest absolute Gasteiger partial charge is 0.390 e. The Kier molecular flexibility index (Phi) is 15.5. The average Bonchev–Trinajstić information content (AvgIpc) is 3.39. The third-order valence-corrected chi connectivity index (χ3v) is 12.4. The van der Waals surface area contributed by atoms with Crippen molar-refractivity contribution in [2.24, 2.45) is 29.4 Å². The van der Waals surface area contributed by atoms with Gasteiger partial charge in [-0.05, 0) is 41.7 Å². The molecule has 1 saturated carbocycles. The minimum absolute atomic E-state index is 0.0573. The fourth-order valence-electron chi connectivity index (χ4n) is 7.67. The number of aliphatic hydroxyl groups is 1. The number of hydrogen-bond donors (Lipinski definition) is 5. The van der Waals surface area contributed by atoms with Gasteiger partial charge in [0.2, 0.25) is 17.7 Å². The van der Waals surface area contributed by atoms with Gasteiger partial charge in [-0.1, -0.05) is 96.2 Å². The summed E-state index contributed by atoms with van der Waals surface area (Å²) in [5, 5.41) is 31.3. The monoisotopic (exact) mass is 783 g/mol. The van der Waals surface area contributed by atoms with Crippen LogP contribution in [-0.2, 0) is 35.4 Å². The first-order chi connectivity index (χ1) is 26.0. The van der Waals surface area contributed by atoms with Crippen molar-refractivity contribution in [2.45, 2.75) is 121 Å². The maximum Gasteiger partial charge on any atom is 0.270 e. The number of carbonyl (C=O) groups is 4. The molecule has 1 aliphatic carbocycles. The molecule has 2 aromatic carbocycles. The van der Waals surface area contributed by atoms with E-state index in [1.54, 1.807) is 24.3 Å². The van der Waals surface area contributed by atoms with Crippen LogP contribution in [0.15, 0.2) is 53.4 Å². The number of non-ortho nitro benzene ring substituents is 1. The second-order valence-electron chi connectivity index (χ2n) is 16.1. The minimum Gasteiger partial charge on any atom is -0.390 e. The molecule has 15 heteroatoms. The molecule has 2 aromatic rings. The smallest absolute Gasteiger partial charge is 0.270 e. The maximum atomic E-state index is 14.6. The second-order valence-corrected chi connectivity index (χ2v) is 18.1. The van der Waals surface area contributed by atoms with Crippen LogP contribution in [0.4, 0.5) is 5.69 Å². The number of benzene rings is 2. The van der Waals surface area contributed by atoms with Gasteiger partial charge in [-0.3, -0.25) is 29.3 Å². The molecule has 0 aromatic heterocycles. The molecule has 1 fully saturated rings. The maximum absolute atomic E-state index is 14.6. The summed E-state index contributed by atoms with van der Waals surface area (Å²) in [6.45, 7) is 8.01. The van der Waals surface area contributed by atoms with Gasteiger partial charge in [0.15, 0.2) is 15.6 Å². The summed E-state index contributed by atoms with van der Waals surface area (Å²) in [7, 11) is -3.89. The Bertz CT molecular complexity index is 1780. The highest BCUT2D eigenvalue weighted by Gasteiger charge is 2.41. The fourth-order valence-corrected chi connectivity index (χ4v) is 9.58. The summed E-state index contributed by atoms with van der Waals surface area (Å²) in [6, 6.07) is 8.91. The molecule has 1 aliphatic heterocycles. The van der Waals surface area contributed by atoms with E-state index in [4.69, 9.17) is 5.73 Å². The highest BCUT2D eigenvalue weighted by atomic mass is 32.2. The molecule has 6 atom stereocenters. The Morgan fingerprint density at radius 1 is 0.927 bits per heavy atom. The topological polar surface area (TPSA) is 228 Å². The number of Topliss-reactive ketones (excluding diaryl/α,β-unsaturated/α-hetero) is 1. The van der Waals surface area contributed by atoms with Gasteiger partial charge >= 0.3 is 0 Å². The van der Waals surface area contributed by atoms with Gasteiger partial charge in [-0.15, -0.1) is 0 Å². The third-order valence-electron chi connectivity index (χ3n) is 10.6. The van der Waals surface area contributed by atoms with Crippen molar-refractivity contribution in [3.05, 3.63) is 69.8 Å². The van der Waals surface area contributed by atoms with Crippen LogP contribution in [0.1, 0.15) is 96.1 Å². The molecule has 0 spiro atoms. The molecule has 302 valence electrons.